The maximum absolute atomic E-state index is 12.8. The van der Waals surface area contributed by atoms with Crippen LogP contribution in [0.25, 0.3) is 0 Å². The minimum Gasteiger partial charge on any atom is -0.315 e. The largest absolute Gasteiger partial charge is 0.315 e. The Morgan fingerprint density at radius 3 is 2.62 bits per heavy atom. The van der Waals surface area contributed by atoms with Crippen LogP contribution in [-0.4, -0.2) is 43.4 Å². The third-order valence-corrected chi connectivity index (χ3v) is 6.92. The number of thiazole rings is 1. The van der Waals surface area contributed by atoms with Gasteiger partial charge < -0.3 is 10.3 Å². The van der Waals surface area contributed by atoms with Crippen LogP contribution >= 0.6 is 11.3 Å². The maximum atomic E-state index is 12.8. The van der Waals surface area contributed by atoms with E-state index >= 15 is 0 Å². The van der Waals surface area contributed by atoms with Crippen LogP contribution in [0.3, 0.4) is 0 Å². The first kappa shape index (κ1) is 16.7. The second-order valence-electron chi connectivity index (χ2n) is 5.94. The average molecular weight is 333 g/mol. The van der Waals surface area contributed by atoms with Crippen LogP contribution < -0.4 is 10.2 Å². The van der Waals surface area contributed by atoms with Gasteiger partial charge in [0.15, 0.2) is 4.21 Å². The summed E-state index contributed by atoms with van der Waals surface area (Å²) in [6, 6.07) is 0.203. The van der Waals surface area contributed by atoms with Crippen molar-refractivity contribution in [3.63, 3.8) is 0 Å². The number of nitrogens with one attached hydrogen (secondary N) is 2. The smallest absolute Gasteiger partial charge is 0.305 e. The fourth-order valence-corrected chi connectivity index (χ4v) is 5.67. The Kier molecular flexibility index (Phi) is 5.24. The van der Waals surface area contributed by atoms with Gasteiger partial charge in [-0.2, -0.15) is 4.31 Å². The Hall–Kier alpha value is -0.700. The van der Waals surface area contributed by atoms with Crippen LogP contribution in [0.5, 0.6) is 0 Å². The van der Waals surface area contributed by atoms with Crippen LogP contribution in [-0.2, 0) is 10.0 Å². The predicted octanol–water partition coefficient (Wildman–Crippen LogP) is 1.14. The maximum Gasteiger partial charge on any atom is 0.305 e. The Balaban J connectivity index is 2.29. The predicted molar refractivity (Wildman–Crippen MR) is 84.3 cm³/mol. The molecule has 2 heterocycles. The van der Waals surface area contributed by atoms with Gasteiger partial charge in [0.1, 0.15) is 0 Å². The van der Waals surface area contributed by atoms with Crippen molar-refractivity contribution in [2.24, 2.45) is 5.92 Å². The van der Waals surface area contributed by atoms with Crippen molar-refractivity contribution < 1.29 is 8.42 Å². The minimum atomic E-state index is -3.61. The van der Waals surface area contributed by atoms with Crippen LogP contribution in [0.2, 0.25) is 0 Å². The monoisotopic (exact) mass is 333 g/mol. The summed E-state index contributed by atoms with van der Waals surface area (Å²) in [6.07, 6.45) is 2.07. The SMILES string of the molecule is Cc1[nH]c(=O)sc1S(=O)(=O)N(CC(C)C)CC1CCCN1. The molecule has 1 unspecified atom stereocenters. The zero-order chi connectivity index (χ0) is 15.6. The normalized spacial score (nSPS) is 19.8. The van der Waals surface area contributed by atoms with Crippen molar-refractivity contribution >= 4 is 21.4 Å². The molecular formula is C13H23N3O3S2. The summed E-state index contributed by atoms with van der Waals surface area (Å²) < 4.78 is 27.3. The number of sulfonamides is 1. The molecule has 0 amide bonds. The van der Waals surface area contributed by atoms with Gasteiger partial charge in [0.25, 0.3) is 10.0 Å². The van der Waals surface area contributed by atoms with Gasteiger partial charge in [-0.15, -0.1) is 0 Å². The van der Waals surface area contributed by atoms with Gasteiger partial charge in [-0.05, 0) is 32.2 Å². The molecule has 1 atom stereocenters. The van der Waals surface area contributed by atoms with Gasteiger partial charge in [-0.1, -0.05) is 25.2 Å². The first-order valence-corrected chi connectivity index (χ1v) is 9.49. The number of hydrogen-bond donors (Lipinski definition) is 2. The molecule has 1 saturated heterocycles. The molecule has 1 fully saturated rings. The summed E-state index contributed by atoms with van der Waals surface area (Å²) in [7, 11) is -3.61. The Morgan fingerprint density at radius 2 is 2.14 bits per heavy atom. The standard InChI is InChI=1S/C13H23N3O3S2/c1-9(2)7-16(8-11-5-4-6-14-11)21(18,19)12-10(3)15-13(17)20-12/h9,11,14H,4-8H2,1-3H3,(H,15,17). The molecule has 1 aliphatic rings. The van der Waals surface area contributed by atoms with Gasteiger partial charge in [-0.3, -0.25) is 4.79 Å². The van der Waals surface area contributed by atoms with Crippen LogP contribution in [0.4, 0.5) is 0 Å². The van der Waals surface area contributed by atoms with Crippen molar-refractivity contribution in [3.8, 4) is 0 Å². The molecule has 21 heavy (non-hydrogen) atoms. The third kappa shape index (κ3) is 3.94. The Morgan fingerprint density at radius 1 is 1.43 bits per heavy atom. The number of aryl methyl sites for hydroxylation is 1. The lowest BCUT2D eigenvalue weighted by Crippen LogP contribution is -2.42. The molecule has 0 aliphatic carbocycles. The lowest BCUT2D eigenvalue weighted by Gasteiger charge is -2.26. The molecule has 0 spiro atoms. The molecule has 1 aromatic rings. The topological polar surface area (TPSA) is 82.3 Å². The highest BCUT2D eigenvalue weighted by Crippen LogP contribution is 2.23. The molecule has 0 saturated carbocycles. The lowest BCUT2D eigenvalue weighted by atomic mass is 10.2. The van der Waals surface area contributed by atoms with E-state index in [0.29, 0.717) is 18.8 Å². The van der Waals surface area contributed by atoms with E-state index in [1.165, 1.54) is 4.31 Å². The van der Waals surface area contributed by atoms with Crippen molar-refractivity contribution in [1.29, 1.82) is 0 Å². The highest BCUT2D eigenvalue weighted by molar-refractivity contribution is 7.91. The van der Waals surface area contributed by atoms with E-state index in [1.54, 1.807) is 6.92 Å². The van der Waals surface area contributed by atoms with E-state index < -0.39 is 10.0 Å². The molecule has 6 nitrogen and oxygen atoms in total. The summed E-state index contributed by atoms with van der Waals surface area (Å²) in [5.74, 6) is 0.233. The molecule has 1 aliphatic heterocycles. The first-order chi connectivity index (χ1) is 9.80. The number of nitrogens with zero attached hydrogens (tertiary/aromatic N) is 1. The highest BCUT2D eigenvalue weighted by atomic mass is 32.2. The summed E-state index contributed by atoms with van der Waals surface area (Å²) in [6.45, 7) is 7.50. The molecule has 8 heteroatoms. The molecular weight excluding hydrogens is 310 g/mol. The lowest BCUT2D eigenvalue weighted by molar-refractivity contribution is 0.337. The van der Waals surface area contributed by atoms with E-state index in [-0.39, 0.29) is 21.0 Å². The number of rotatable bonds is 6. The summed E-state index contributed by atoms with van der Waals surface area (Å²) in [5.41, 5.74) is 0.429. The van der Waals surface area contributed by atoms with E-state index in [9.17, 15) is 13.2 Å². The first-order valence-electron chi connectivity index (χ1n) is 7.24. The number of hydrogen-bond acceptors (Lipinski definition) is 5. The van der Waals surface area contributed by atoms with E-state index in [2.05, 4.69) is 10.3 Å². The summed E-state index contributed by atoms with van der Waals surface area (Å²) in [5, 5.41) is 3.33. The zero-order valence-electron chi connectivity index (χ0n) is 12.7. The van der Waals surface area contributed by atoms with Crippen LogP contribution in [0.1, 0.15) is 32.4 Å². The molecule has 1 aromatic heterocycles. The number of H-pyrrole nitrogens is 1. The van der Waals surface area contributed by atoms with E-state index in [4.69, 9.17) is 0 Å². The second-order valence-corrected chi connectivity index (χ2v) is 9.05. The van der Waals surface area contributed by atoms with Crippen LogP contribution in [0, 0.1) is 12.8 Å². The minimum absolute atomic E-state index is 0.145. The number of aromatic amines is 1. The van der Waals surface area contributed by atoms with Gasteiger partial charge in [0.05, 0.1) is 0 Å². The van der Waals surface area contributed by atoms with Crippen molar-refractivity contribution in [2.75, 3.05) is 19.6 Å². The summed E-state index contributed by atoms with van der Waals surface area (Å²) >= 11 is 0.773. The molecule has 2 rings (SSSR count). The molecule has 0 radical (unpaired) electrons. The summed E-state index contributed by atoms with van der Waals surface area (Å²) in [4.78, 5) is 13.6. The fraction of sp³-hybridized carbons (Fsp3) is 0.769. The van der Waals surface area contributed by atoms with Crippen molar-refractivity contribution in [3.05, 3.63) is 15.4 Å². The van der Waals surface area contributed by atoms with Crippen molar-refractivity contribution in [1.82, 2.24) is 14.6 Å². The zero-order valence-corrected chi connectivity index (χ0v) is 14.3. The van der Waals surface area contributed by atoms with E-state index in [0.717, 1.165) is 30.7 Å². The molecule has 0 bridgehead atoms. The molecule has 2 N–H and O–H groups in total. The van der Waals surface area contributed by atoms with Crippen LogP contribution in [0.15, 0.2) is 9.00 Å². The van der Waals surface area contributed by atoms with Gasteiger partial charge >= 0.3 is 4.87 Å². The number of aromatic nitrogens is 1. The van der Waals surface area contributed by atoms with E-state index in [1.807, 2.05) is 13.8 Å². The highest BCUT2D eigenvalue weighted by Gasteiger charge is 2.31. The van der Waals surface area contributed by atoms with Gasteiger partial charge in [0, 0.05) is 24.8 Å². The van der Waals surface area contributed by atoms with Gasteiger partial charge in [0.2, 0.25) is 0 Å². The quantitative estimate of drug-likeness (QED) is 0.818. The molecule has 120 valence electrons. The van der Waals surface area contributed by atoms with Crippen molar-refractivity contribution in [2.45, 2.75) is 43.9 Å². The second kappa shape index (κ2) is 6.60. The van der Waals surface area contributed by atoms with Gasteiger partial charge in [-0.25, -0.2) is 8.42 Å². The third-order valence-electron chi connectivity index (χ3n) is 3.51. The molecule has 0 aromatic carbocycles. The average Bonchev–Trinajstić information content (AvgIpc) is 2.97. The fourth-order valence-electron chi connectivity index (χ4n) is 2.59. The Bertz CT molecular complexity index is 627. The Labute approximate surface area is 129 Å².